The topological polar surface area (TPSA) is 91.2 Å². The number of primary amides is 1. The molecule has 0 aromatic carbocycles. The van der Waals surface area contributed by atoms with E-state index in [-0.39, 0.29) is 6.61 Å². The van der Waals surface area contributed by atoms with Gasteiger partial charge in [-0.3, -0.25) is 9.78 Å². The van der Waals surface area contributed by atoms with Gasteiger partial charge in [-0.05, 0) is 25.5 Å². The maximum atomic E-state index is 10.7. The number of nitrogens with two attached hydrogens (primary N) is 2. The van der Waals surface area contributed by atoms with Crippen LogP contribution in [0.4, 0.5) is 0 Å². The van der Waals surface area contributed by atoms with E-state index in [0.29, 0.717) is 5.75 Å². The molecule has 1 aromatic rings. The molecule has 5 nitrogen and oxygen atoms in total. The van der Waals surface area contributed by atoms with Crippen LogP contribution in [-0.4, -0.2) is 23.5 Å². The molecule has 0 radical (unpaired) electrons. The van der Waals surface area contributed by atoms with Gasteiger partial charge in [0.15, 0.2) is 0 Å². The van der Waals surface area contributed by atoms with Crippen LogP contribution in [0.5, 0.6) is 5.75 Å². The summed E-state index contributed by atoms with van der Waals surface area (Å²) in [6.45, 7) is 3.98. The van der Waals surface area contributed by atoms with Crippen molar-refractivity contribution >= 4 is 5.91 Å². The zero-order chi connectivity index (χ0) is 12.1. The Hall–Kier alpha value is -1.62. The van der Waals surface area contributed by atoms with E-state index in [1.54, 1.807) is 0 Å². The van der Waals surface area contributed by atoms with Crippen molar-refractivity contribution in [3.63, 3.8) is 0 Å². The van der Waals surface area contributed by atoms with E-state index in [2.05, 4.69) is 4.98 Å². The summed E-state index contributed by atoms with van der Waals surface area (Å²) in [6.07, 6.45) is 0.767. The first-order chi connectivity index (χ1) is 7.54. The van der Waals surface area contributed by atoms with E-state index in [0.717, 1.165) is 17.8 Å². The van der Waals surface area contributed by atoms with Crippen LogP contribution in [0, 0.1) is 6.92 Å². The molecule has 1 unspecified atom stereocenters. The second-order valence-electron chi connectivity index (χ2n) is 3.57. The van der Waals surface area contributed by atoms with Crippen LogP contribution in [0.2, 0.25) is 0 Å². The molecule has 4 N–H and O–H groups in total. The van der Waals surface area contributed by atoms with E-state index in [1.807, 2.05) is 26.0 Å². The summed E-state index contributed by atoms with van der Waals surface area (Å²) in [5, 5.41) is 0. The molecule has 0 spiro atoms. The molecule has 0 saturated heterocycles. The van der Waals surface area contributed by atoms with Gasteiger partial charge >= 0.3 is 0 Å². The summed E-state index contributed by atoms with van der Waals surface area (Å²) < 4.78 is 5.42. The molecule has 1 rings (SSSR count). The van der Waals surface area contributed by atoms with Crippen molar-refractivity contribution in [1.29, 1.82) is 0 Å². The number of carbonyl (C=O) groups is 1. The maximum Gasteiger partial charge on any atom is 0.237 e. The lowest BCUT2D eigenvalue weighted by atomic mass is 10.2. The first-order valence-electron chi connectivity index (χ1n) is 5.18. The first-order valence-corrected chi connectivity index (χ1v) is 5.18. The van der Waals surface area contributed by atoms with Crippen LogP contribution in [0.15, 0.2) is 12.1 Å². The summed E-state index contributed by atoms with van der Waals surface area (Å²) in [6, 6.07) is 2.89. The standard InChI is InChI=1S/C11H17N3O2/c1-3-9-10(5-4-7(2)14-9)16-6-8(12)11(13)15/h4-5,8H,3,6,12H2,1-2H3,(H2,13,15). The van der Waals surface area contributed by atoms with Crippen molar-refractivity contribution in [1.82, 2.24) is 4.98 Å². The highest BCUT2D eigenvalue weighted by Crippen LogP contribution is 2.17. The van der Waals surface area contributed by atoms with Crippen molar-refractivity contribution in [2.45, 2.75) is 26.3 Å². The number of nitrogens with zero attached hydrogens (tertiary/aromatic N) is 1. The second kappa shape index (κ2) is 5.46. The van der Waals surface area contributed by atoms with Crippen LogP contribution >= 0.6 is 0 Å². The van der Waals surface area contributed by atoms with Gasteiger partial charge in [0.1, 0.15) is 18.4 Å². The summed E-state index contributed by atoms with van der Waals surface area (Å²) >= 11 is 0. The van der Waals surface area contributed by atoms with Gasteiger partial charge in [0, 0.05) is 5.69 Å². The number of aromatic nitrogens is 1. The van der Waals surface area contributed by atoms with E-state index in [9.17, 15) is 4.79 Å². The number of rotatable bonds is 5. The van der Waals surface area contributed by atoms with Crippen LogP contribution in [0.3, 0.4) is 0 Å². The molecule has 1 heterocycles. The highest BCUT2D eigenvalue weighted by molar-refractivity contribution is 5.79. The number of carbonyl (C=O) groups excluding carboxylic acids is 1. The molecule has 1 amide bonds. The molecule has 0 saturated carbocycles. The van der Waals surface area contributed by atoms with Gasteiger partial charge in [-0.2, -0.15) is 0 Å². The summed E-state index contributed by atoms with van der Waals surface area (Å²) in [4.78, 5) is 15.1. The fraction of sp³-hybridized carbons (Fsp3) is 0.455. The Morgan fingerprint density at radius 1 is 1.56 bits per heavy atom. The third kappa shape index (κ3) is 3.20. The quantitative estimate of drug-likeness (QED) is 0.743. The Bertz CT molecular complexity index is 379. The van der Waals surface area contributed by atoms with Gasteiger partial charge in [-0.15, -0.1) is 0 Å². The van der Waals surface area contributed by atoms with Crippen molar-refractivity contribution < 1.29 is 9.53 Å². The average molecular weight is 223 g/mol. The number of aryl methyl sites for hydroxylation is 2. The molecule has 0 aliphatic carbocycles. The second-order valence-corrected chi connectivity index (χ2v) is 3.57. The monoisotopic (exact) mass is 223 g/mol. The summed E-state index contributed by atoms with van der Waals surface area (Å²) in [5.74, 6) is 0.0860. The Morgan fingerprint density at radius 2 is 2.25 bits per heavy atom. The Morgan fingerprint density at radius 3 is 2.81 bits per heavy atom. The third-order valence-electron chi connectivity index (χ3n) is 2.19. The van der Waals surface area contributed by atoms with Gasteiger partial charge in [0.2, 0.25) is 5.91 Å². The van der Waals surface area contributed by atoms with Gasteiger partial charge in [0.25, 0.3) is 0 Å². The Labute approximate surface area is 94.8 Å². The van der Waals surface area contributed by atoms with Crippen molar-refractivity contribution in [2.75, 3.05) is 6.61 Å². The minimum atomic E-state index is -0.786. The van der Waals surface area contributed by atoms with Crippen molar-refractivity contribution in [3.05, 3.63) is 23.5 Å². The maximum absolute atomic E-state index is 10.7. The van der Waals surface area contributed by atoms with Crippen molar-refractivity contribution in [3.8, 4) is 5.75 Å². The molecule has 16 heavy (non-hydrogen) atoms. The summed E-state index contributed by atoms with van der Waals surface area (Å²) in [5.41, 5.74) is 12.3. The lowest BCUT2D eigenvalue weighted by Crippen LogP contribution is -2.41. The minimum Gasteiger partial charge on any atom is -0.490 e. The lowest BCUT2D eigenvalue weighted by Gasteiger charge is -2.12. The van der Waals surface area contributed by atoms with Crippen LogP contribution in [0.25, 0.3) is 0 Å². The van der Waals surface area contributed by atoms with E-state index in [4.69, 9.17) is 16.2 Å². The molecular weight excluding hydrogens is 206 g/mol. The number of ether oxygens (including phenoxy) is 1. The molecule has 0 fully saturated rings. The molecule has 88 valence electrons. The molecule has 0 bridgehead atoms. The molecule has 1 aromatic heterocycles. The van der Waals surface area contributed by atoms with Crippen LogP contribution in [-0.2, 0) is 11.2 Å². The average Bonchev–Trinajstić information content (AvgIpc) is 2.26. The Kier molecular flexibility index (Phi) is 4.25. The van der Waals surface area contributed by atoms with Crippen molar-refractivity contribution in [2.24, 2.45) is 11.5 Å². The largest absolute Gasteiger partial charge is 0.490 e. The highest BCUT2D eigenvalue weighted by atomic mass is 16.5. The van der Waals surface area contributed by atoms with E-state index in [1.165, 1.54) is 0 Å². The number of pyridine rings is 1. The van der Waals surface area contributed by atoms with E-state index < -0.39 is 11.9 Å². The molecule has 5 heteroatoms. The number of amides is 1. The predicted molar refractivity (Wildman–Crippen MR) is 61.0 cm³/mol. The SMILES string of the molecule is CCc1nc(C)ccc1OCC(N)C(N)=O. The fourth-order valence-corrected chi connectivity index (χ4v) is 1.24. The molecule has 1 atom stereocenters. The Balaban J connectivity index is 2.70. The lowest BCUT2D eigenvalue weighted by molar-refractivity contribution is -0.119. The minimum absolute atomic E-state index is 0.0765. The molecule has 0 aliphatic rings. The van der Waals surface area contributed by atoms with Gasteiger partial charge in [-0.25, -0.2) is 0 Å². The molecule has 0 aliphatic heterocycles. The van der Waals surface area contributed by atoms with Gasteiger partial charge in [-0.1, -0.05) is 6.92 Å². The zero-order valence-corrected chi connectivity index (χ0v) is 9.56. The van der Waals surface area contributed by atoms with Crippen LogP contribution < -0.4 is 16.2 Å². The smallest absolute Gasteiger partial charge is 0.237 e. The zero-order valence-electron chi connectivity index (χ0n) is 9.56. The fourth-order valence-electron chi connectivity index (χ4n) is 1.24. The first kappa shape index (κ1) is 12.4. The van der Waals surface area contributed by atoms with Crippen LogP contribution in [0.1, 0.15) is 18.3 Å². The number of hydrogen-bond acceptors (Lipinski definition) is 4. The predicted octanol–water partition coefficient (Wildman–Crippen LogP) is 0.144. The normalized spacial score (nSPS) is 12.2. The summed E-state index contributed by atoms with van der Waals surface area (Å²) in [7, 11) is 0. The third-order valence-corrected chi connectivity index (χ3v) is 2.19. The highest BCUT2D eigenvalue weighted by Gasteiger charge is 2.11. The molecular formula is C11H17N3O2. The van der Waals surface area contributed by atoms with Gasteiger partial charge < -0.3 is 16.2 Å². The van der Waals surface area contributed by atoms with E-state index >= 15 is 0 Å². The number of hydrogen-bond donors (Lipinski definition) is 2. The van der Waals surface area contributed by atoms with Gasteiger partial charge in [0.05, 0.1) is 5.69 Å².